The number of oxime groups is 1. The van der Waals surface area contributed by atoms with Crippen molar-refractivity contribution in [2.45, 2.75) is 32.4 Å². The van der Waals surface area contributed by atoms with E-state index in [0.717, 1.165) is 15.8 Å². The second-order valence-corrected chi connectivity index (χ2v) is 8.86. The smallest absolute Gasteiger partial charge is 0.223 e. The van der Waals surface area contributed by atoms with Crippen LogP contribution in [0.3, 0.4) is 0 Å². The van der Waals surface area contributed by atoms with Gasteiger partial charge in [-0.25, -0.2) is 4.52 Å². The van der Waals surface area contributed by atoms with Crippen LogP contribution in [0, 0.1) is 5.92 Å². The van der Waals surface area contributed by atoms with Crippen molar-refractivity contribution in [3.05, 3.63) is 58.3 Å². The van der Waals surface area contributed by atoms with Crippen LogP contribution in [-0.2, 0) is 4.79 Å². The average molecular weight is 501 g/mol. The summed E-state index contributed by atoms with van der Waals surface area (Å²) in [4.78, 5) is 14.7. The van der Waals surface area contributed by atoms with Crippen molar-refractivity contribution in [1.29, 1.82) is 0 Å². The molecule has 0 aliphatic carbocycles. The molecule has 0 bridgehead atoms. The van der Waals surface area contributed by atoms with Gasteiger partial charge >= 0.3 is 0 Å². The fourth-order valence-corrected chi connectivity index (χ4v) is 4.53. The van der Waals surface area contributed by atoms with Crippen LogP contribution in [0.5, 0.6) is 11.5 Å². The number of carbonyl (C=O) groups is 1. The molecule has 0 radical (unpaired) electrons. The summed E-state index contributed by atoms with van der Waals surface area (Å²) in [5.74, 6) is 1.55. The van der Waals surface area contributed by atoms with Crippen molar-refractivity contribution in [2.75, 3.05) is 13.7 Å². The number of methoxy groups -OCH3 is 1. The first kappa shape index (κ1) is 22.1. The summed E-state index contributed by atoms with van der Waals surface area (Å²) >= 11 is 3.48. The van der Waals surface area contributed by atoms with Crippen molar-refractivity contribution < 1.29 is 19.5 Å². The molecule has 1 N–H and O–H groups in total. The number of ether oxygens (including phenoxy) is 2. The molecular weight excluding hydrogens is 476 g/mol. The third kappa shape index (κ3) is 4.29. The monoisotopic (exact) mass is 500 g/mol. The van der Waals surface area contributed by atoms with Gasteiger partial charge in [0.05, 0.1) is 25.6 Å². The third-order valence-corrected chi connectivity index (χ3v) is 6.43. The molecule has 1 amide bonds. The summed E-state index contributed by atoms with van der Waals surface area (Å²) in [6, 6.07) is 9.62. The molecule has 3 heterocycles. The van der Waals surface area contributed by atoms with Crippen LogP contribution < -0.4 is 9.47 Å². The Morgan fingerprint density at radius 1 is 1.31 bits per heavy atom. The van der Waals surface area contributed by atoms with Gasteiger partial charge in [0.15, 0.2) is 0 Å². The number of amides is 1. The van der Waals surface area contributed by atoms with Gasteiger partial charge in [-0.15, -0.1) is 0 Å². The Bertz CT molecular complexity index is 1140. The Balaban J connectivity index is 1.52. The van der Waals surface area contributed by atoms with Crippen LogP contribution >= 0.6 is 15.9 Å². The van der Waals surface area contributed by atoms with Gasteiger partial charge in [-0.2, -0.15) is 5.10 Å². The molecule has 1 aliphatic rings. The maximum Gasteiger partial charge on any atom is 0.223 e. The van der Waals surface area contributed by atoms with E-state index in [1.54, 1.807) is 24.0 Å². The molecule has 2 aromatic heterocycles. The first-order valence-electron chi connectivity index (χ1n) is 10.4. The van der Waals surface area contributed by atoms with Gasteiger partial charge in [0.2, 0.25) is 5.91 Å². The van der Waals surface area contributed by atoms with E-state index in [1.165, 1.54) is 6.21 Å². The summed E-state index contributed by atoms with van der Waals surface area (Å²) in [6.07, 6.45) is 4.95. The lowest BCUT2D eigenvalue weighted by Crippen LogP contribution is -2.31. The van der Waals surface area contributed by atoms with E-state index in [9.17, 15) is 4.79 Å². The predicted molar refractivity (Wildman–Crippen MR) is 124 cm³/mol. The third-order valence-electron chi connectivity index (χ3n) is 6.00. The molecule has 3 atom stereocenters. The number of likely N-dealkylation sites (tertiary alicyclic amines) is 1. The zero-order valence-corrected chi connectivity index (χ0v) is 19.7. The number of hydrogen-bond acceptors (Lipinski definition) is 6. The van der Waals surface area contributed by atoms with Crippen molar-refractivity contribution in [3.8, 4) is 11.5 Å². The largest absolute Gasteiger partial charge is 0.497 e. The fourth-order valence-electron chi connectivity index (χ4n) is 4.13. The van der Waals surface area contributed by atoms with Crippen molar-refractivity contribution in [2.24, 2.45) is 11.1 Å². The molecule has 0 spiro atoms. The molecule has 1 aliphatic heterocycles. The number of pyridine rings is 1. The normalized spacial score (nSPS) is 18.4. The Morgan fingerprint density at radius 3 is 2.75 bits per heavy atom. The van der Waals surface area contributed by atoms with Gasteiger partial charge in [0.1, 0.15) is 23.1 Å². The van der Waals surface area contributed by atoms with Crippen LogP contribution in [0.25, 0.3) is 5.52 Å². The molecular formula is C23H25BrN4O4. The number of halogens is 1. The fraction of sp³-hybridized carbons (Fsp3) is 0.348. The number of aromatic nitrogens is 2. The van der Waals surface area contributed by atoms with E-state index < -0.39 is 0 Å². The van der Waals surface area contributed by atoms with Crippen molar-refractivity contribution in [1.82, 2.24) is 14.5 Å². The number of fused-ring (bicyclic) bond motifs is 1. The maximum absolute atomic E-state index is 12.8. The van der Waals surface area contributed by atoms with Gasteiger partial charge < -0.3 is 19.6 Å². The minimum absolute atomic E-state index is 0.0367. The molecule has 9 heteroatoms. The highest BCUT2D eigenvalue weighted by atomic mass is 79.9. The number of benzene rings is 1. The zero-order valence-electron chi connectivity index (χ0n) is 18.1. The van der Waals surface area contributed by atoms with Crippen LogP contribution in [0.4, 0.5) is 0 Å². The van der Waals surface area contributed by atoms with E-state index in [4.69, 9.17) is 14.7 Å². The summed E-state index contributed by atoms with van der Waals surface area (Å²) < 4.78 is 14.0. The Hall–Kier alpha value is -3.07. The van der Waals surface area contributed by atoms with Crippen LogP contribution in [0.15, 0.2) is 52.4 Å². The zero-order chi connectivity index (χ0) is 22.8. The molecule has 1 fully saturated rings. The van der Waals surface area contributed by atoms with E-state index in [-0.39, 0.29) is 24.0 Å². The summed E-state index contributed by atoms with van der Waals surface area (Å²) in [5, 5.41) is 16.4. The Labute approximate surface area is 194 Å². The van der Waals surface area contributed by atoms with Crippen molar-refractivity contribution in [3.63, 3.8) is 0 Å². The first-order valence-corrected chi connectivity index (χ1v) is 11.1. The number of rotatable bonds is 7. The molecule has 0 saturated carbocycles. The molecule has 1 aromatic carbocycles. The van der Waals surface area contributed by atoms with Crippen LogP contribution in [0.1, 0.15) is 37.4 Å². The highest BCUT2D eigenvalue weighted by molar-refractivity contribution is 9.10. The van der Waals surface area contributed by atoms with Crippen LogP contribution in [0.2, 0.25) is 0 Å². The average Bonchev–Trinajstić information content (AvgIpc) is 3.37. The molecule has 32 heavy (non-hydrogen) atoms. The molecule has 4 rings (SSSR count). The molecule has 168 valence electrons. The number of nitrogens with zero attached hydrogens (tertiary/aromatic N) is 4. The second kappa shape index (κ2) is 9.20. The predicted octanol–water partition coefficient (Wildman–Crippen LogP) is 4.29. The lowest BCUT2D eigenvalue weighted by atomic mass is 10.0. The quantitative estimate of drug-likeness (QED) is 0.297. The topological polar surface area (TPSA) is 88.7 Å². The molecule has 8 nitrogen and oxygen atoms in total. The molecule has 0 unspecified atom stereocenters. The molecule has 1 saturated heterocycles. The van der Waals surface area contributed by atoms with E-state index in [0.29, 0.717) is 29.8 Å². The van der Waals surface area contributed by atoms with Gasteiger partial charge in [0, 0.05) is 35.1 Å². The standard InChI is InChI=1S/C23H25BrN4O4/c1-14(16-4-6-20(31-3)7-5-16)27-12-17(8-22(27)29)15(2)32-21-9-19(24)13-28-23(21)18(10-25-28)11-26-30/h4-7,9-11,13-15,17,30H,8,12H2,1-3H3/t14-,15-,17-/m1/s1. The lowest BCUT2D eigenvalue weighted by molar-refractivity contribution is -0.129. The SMILES string of the molecule is COc1ccc([C@@H](C)N2C[C@H]([C@@H](C)Oc3cc(Br)cn4ncc(C=NO)c34)CC2=O)cc1. The van der Waals surface area contributed by atoms with Gasteiger partial charge in [-0.05, 0) is 53.5 Å². The van der Waals surface area contributed by atoms with Gasteiger partial charge in [0.25, 0.3) is 0 Å². The maximum atomic E-state index is 12.8. The number of hydrogen-bond donors (Lipinski definition) is 1. The van der Waals surface area contributed by atoms with E-state index in [1.807, 2.05) is 49.1 Å². The summed E-state index contributed by atoms with van der Waals surface area (Å²) in [6.45, 7) is 4.63. The van der Waals surface area contributed by atoms with Gasteiger partial charge in [-0.1, -0.05) is 17.3 Å². The second-order valence-electron chi connectivity index (χ2n) is 7.94. The summed E-state index contributed by atoms with van der Waals surface area (Å²) in [7, 11) is 1.64. The number of carbonyl (C=O) groups excluding carboxylic acids is 1. The lowest BCUT2D eigenvalue weighted by Gasteiger charge is -2.27. The minimum atomic E-state index is -0.209. The van der Waals surface area contributed by atoms with Crippen molar-refractivity contribution >= 4 is 33.6 Å². The van der Waals surface area contributed by atoms with E-state index >= 15 is 0 Å². The Kier molecular flexibility index (Phi) is 6.36. The minimum Gasteiger partial charge on any atom is -0.497 e. The van der Waals surface area contributed by atoms with E-state index in [2.05, 4.69) is 26.2 Å². The highest BCUT2D eigenvalue weighted by Crippen LogP contribution is 2.34. The summed E-state index contributed by atoms with van der Waals surface area (Å²) in [5.41, 5.74) is 2.40. The van der Waals surface area contributed by atoms with Crippen LogP contribution in [-0.4, -0.2) is 51.6 Å². The van der Waals surface area contributed by atoms with Gasteiger partial charge in [-0.3, -0.25) is 4.79 Å². The first-order chi connectivity index (χ1) is 15.4. The molecule has 3 aromatic rings. The Morgan fingerprint density at radius 2 is 2.06 bits per heavy atom. The highest BCUT2D eigenvalue weighted by Gasteiger charge is 2.37.